The third-order valence-corrected chi connectivity index (χ3v) is 7.23. The van der Waals surface area contributed by atoms with E-state index >= 15 is 0 Å². The molecule has 4 nitrogen and oxygen atoms in total. The molecule has 4 heteroatoms. The summed E-state index contributed by atoms with van der Waals surface area (Å²) in [6, 6.07) is 22.5. The van der Waals surface area contributed by atoms with Gasteiger partial charge >= 0.3 is 0 Å². The Labute approximate surface area is 228 Å². The average molecular weight is 511 g/mol. The molecular formula is C34H42N2O2. The normalized spacial score (nSPS) is 14.0. The maximum atomic E-state index is 13.5. The van der Waals surface area contributed by atoms with Crippen molar-refractivity contribution in [2.75, 3.05) is 40.3 Å². The molecule has 0 bridgehead atoms. The number of hydrogen-bond acceptors (Lipinski definition) is 4. The van der Waals surface area contributed by atoms with Gasteiger partial charge in [-0.15, -0.1) is 0 Å². The lowest BCUT2D eigenvalue weighted by Crippen LogP contribution is -2.20. The van der Waals surface area contributed by atoms with Gasteiger partial charge < -0.3 is 14.5 Å². The number of benzene rings is 3. The van der Waals surface area contributed by atoms with Crippen LogP contribution >= 0.6 is 0 Å². The molecule has 4 rings (SSSR count). The van der Waals surface area contributed by atoms with Gasteiger partial charge in [-0.2, -0.15) is 0 Å². The van der Waals surface area contributed by atoms with E-state index < -0.39 is 0 Å². The van der Waals surface area contributed by atoms with Crippen molar-refractivity contribution in [3.63, 3.8) is 0 Å². The van der Waals surface area contributed by atoms with Crippen molar-refractivity contribution in [2.24, 2.45) is 0 Å². The van der Waals surface area contributed by atoms with Crippen LogP contribution in [0.4, 0.5) is 0 Å². The Morgan fingerprint density at radius 1 is 0.947 bits per heavy atom. The van der Waals surface area contributed by atoms with Crippen molar-refractivity contribution < 1.29 is 9.53 Å². The topological polar surface area (TPSA) is 32.8 Å². The number of carbonyl (C=O) groups is 1. The van der Waals surface area contributed by atoms with E-state index in [1.165, 1.54) is 50.0 Å². The lowest BCUT2D eigenvalue weighted by molar-refractivity contribution is 0.104. The van der Waals surface area contributed by atoms with Crippen molar-refractivity contribution in [3.05, 3.63) is 95.1 Å². The highest BCUT2D eigenvalue weighted by Gasteiger charge is 2.14. The zero-order valence-corrected chi connectivity index (χ0v) is 23.3. The van der Waals surface area contributed by atoms with Crippen LogP contribution in [0.1, 0.15) is 59.2 Å². The van der Waals surface area contributed by atoms with E-state index in [2.05, 4.69) is 61.2 Å². The summed E-state index contributed by atoms with van der Waals surface area (Å²) in [6.45, 7) is 7.24. The average Bonchev–Trinajstić information content (AvgIpc) is 3.44. The molecule has 200 valence electrons. The fourth-order valence-corrected chi connectivity index (χ4v) is 5.15. The van der Waals surface area contributed by atoms with Gasteiger partial charge in [0.05, 0.1) is 12.2 Å². The van der Waals surface area contributed by atoms with Crippen molar-refractivity contribution in [1.29, 1.82) is 0 Å². The van der Waals surface area contributed by atoms with Gasteiger partial charge in [-0.3, -0.25) is 4.79 Å². The summed E-state index contributed by atoms with van der Waals surface area (Å²) in [7, 11) is 4.11. The molecule has 0 amide bonds. The second-order valence-electron chi connectivity index (χ2n) is 10.6. The van der Waals surface area contributed by atoms with Gasteiger partial charge in [0, 0.05) is 6.54 Å². The van der Waals surface area contributed by atoms with Crippen molar-refractivity contribution in [1.82, 2.24) is 9.80 Å². The minimum absolute atomic E-state index is 0.0378. The van der Waals surface area contributed by atoms with E-state index in [0.717, 1.165) is 36.1 Å². The first-order valence-corrected chi connectivity index (χ1v) is 14.0. The SMILES string of the molecule is Cc1ccccc1-c1ccc(OCCCCCN2CCCC2)c(C(=O)/C=C/c2ccccc2CN(C)C)c1. The first-order chi connectivity index (χ1) is 18.5. The summed E-state index contributed by atoms with van der Waals surface area (Å²) in [5.74, 6) is 0.627. The van der Waals surface area contributed by atoms with Crippen LogP contribution in [0.2, 0.25) is 0 Å². The van der Waals surface area contributed by atoms with Crippen LogP contribution < -0.4 is 4.74 Å². The summed E-state index contributed by atoms with van der Waals surface area (Å²) < 4.78 is 6.20. The molecule has 3 aromatic carbocycles. The molecule has 0 N–H and O–H groups in total. The van der Waals surface area contributed by atoms with Gasteiger partial charge in [0.1, 0.15) is 5.75 Å². The van der Waals surface area contributed by atoms with Crippen LogP contribution in [0.15, 0.2) is 72.8 Å². The first kappa shape index (κ1) is 27.8. The number of carbonyl (C=O) groups excluding carboxylic acids is 1. The number of likely N-dealkylation sites (tertiary alicyclic amines) is 1. The predicted octanol–water partition coefficient (Wildman–Crippen LogP) is 7.26. The lowest BCUT2D eigenvalue weighted by Gasteiger charge is -2.15. The van der Waals surface area contributed by atoms with E-state index in [1.807, 2.05) is 42.5 Å². The largest absolute Gasteiger partial charge is 0.493 e. The van der Waals surface area contributed by atoms with Crippen LogP contribution in [-0.2, 0) is 6.54 Å². The summed E-state index contributed by atoms with van der Waals surface area (Å²) >= 11 is 0. The maximum absolute atomic E-state index is 13.5. The Morgan fingerprint density at radius 3 is 2.50 bits per heavy atom. The van der Waals surface area contributed by atoms with Crippen molar-refractivity contribution >= 4 is 11.9 Å². The molecule has 1 fully saturated rings. The molecule has 0 saturated carbocycles. The number of unbranched alkanes of at least 4 members (excludes halogenated alkanes) is 2. The highest BCUT2D eigenvalue weighted by atomic mass is 16.5. The molecule has 0 unspecified atom stereocenters. The van der Waals surface area contributed by atoms with Gasteiger partial charge in [0.15, 0.2) is 5.78 Å². The fraction of sp³-hybridized carbons (Fsp3) is 0.382. The number of rotatable bonds is 13. The molecule has 1 aliphatic rings. The van der Waals surface area contributed by atoms with Crippen molar-refractivity contribution in [2.45, 2.75) is 45.6 Å². The van der Waals surface area contributed by atoms with Crippen LogP contribution in [0.5, 0.6) is 5.75 Å². The number of aryl methyl sites for hydroxylation is 1. The first-order valence-electron chi connectivity index (χ1n) is 14.0. The molecule has 0 aromatic heterocycles. The quantitative estimate of drug-likeness (QED) is 0.138. The second kappa shape index (κ2) is 14.1. The molecule has 38 heavy (non-hydrogen) atoms. The van der Waals surface area contributed by atoms with E-state index in [1.54, 1.807) is 6.08 Å². The molecule has 1 aliphatic heterocycles. The fourth-order valence-electron chi connectivity index (χ4n) is 5.15. The van der Waals surface area contributed by atoms with Gasteiger partial charge in [-0.1, -0.05) is 60.7 Å². The molecule has 0 aliphatic carbocycles. The number of hydrogen-bond donors (Lipinski definition) is 0. The Balaban J connectivity index is 1.49. The summed E-state index contributed by atoms with van der Waals surface area (Å²) in [6.07, 6.45) is 9.65. The third-order valence-electron chi connectivity index (χ3n) is 7.23. The van der Waals surface area contributed by atoms with E-state index in [4.69, 9.17) is 4.74 Å². The highest BCUT2D eigenvalue weighted by Crippen LogP contribution is 2.30. The molecule has 0 atom stereocenters. The number of nitrogens with zero attached hydrogens (tertiary/aromatic N) is 2. The molecule has 1 heterocycles. The maximum Gasteiger partial charge on any atom is 0.189 e. The summed E-state index contributed by atoms with van der Waals surface area (Å²) in [4.78, 5) is 18.2. The Bertz CT molecular complexity index is 1220. The zero-order valence-electron chi connectivity index (χ0n) is 23.3. The summed E-state index contributed by atoms with van der Waals surface area (Å²) in [5, 5.41) is 0. The third kappa shape index (κ3) is 7.89. The standard InChI is InChI=1S/C34H42N2O2/c1-27-13-5-8-16-31(27)29-18-20-34(38-24-12-4-9-21-36-22-10-11-23-36)32(25-29)33(37)19-17-28-14-6-7-15-30(28)26-35(2)3/h5-8,13-20,25H,4,9-12,21-24,26H2,1-3H3/b19-17+. The minimum Gasteiger partial charge on any atom is -0.493 e. The Kier molecular flexibility index (Phi) is 10.3. The van der Waals surface area contributed by atoms with Gasteiger partial charge in [-0.05, 0) is 119 Å². The Hall–Kier alpha value is -3.21. The van der Waals surface area contributed by atoms with Crippen LogP contribution in [-0.4, -0.2) is 55.9 Å². The van der Waals surface area contributed by atoms with Gasteiger partial charge in [-0.25, -0.2) is 0 Å². The van der Waals surface area contributed by atoms with Gasteiger partial charge in [0.25, 0.3) is 0 Å². The van der Waals surface area contributed by atoms with E-state index in [9.17, 15) is 4.79 Å². The second-order valence-corrected chi connectivity index (χ2v) is 10.6. The summed E-state index contributed by atoms with van der Waals surface area (Å²) in [5.41, 5.74) is 6.22. The van der Waals surface area contributed by atoms with Crippen LogP contribution in [0.25, 0.3) is 17.2 Å². The molecule has 0 spiro atoms. The number of allylic oxidation sites excluding steroid dienone is 1. The van der Waals surface area contributed by atoms with Crippen LogP contribution in [0, 0.1) is 6.92 Å². The predicted molar refractivity (Wildman–Crippen MR) is 159 cm³/mol. The minimum atomic E-state index is -0.0378. The smallest absolute Gasteiger partial charge is 0.189 e. The van der Waals surface area contributed by atoms with Crippen LogP contribution in [0.3, 0.4) is 0 Å². The molecule has 1 saturated heterocycles. The monoisotopic (exact) mass is 510 g/mol. The molecule has 3 aromatic rings. The number of ketones is 1. The van der Waals surface area contributed by atoms with E-state index in [0.29, 0.717) is 17.9 Å². The molecular weight excluding hydrogens is 468 g/mol. The molecule has 0 radical (unpaired) electrons. The van der Waals surface area contributed by atoms with Gasteiger partial charge in [0.2, 0.25) is 0 Å². The number of ether oxygens (including phenoxy) is 1. The zero-order chi connectivity index (χ0) is 26.7. The van der Waals surface area contributed by atoms with E-state index in [-0.39, 0.29) is 5.78 Å². The lowest BCUT2D eigenvalue weighted by atomic mass is 9.96. The highest BCUT2D eigenvalue weighted by molar-refractivity contribution is 6.09. The Morgan fingerprint density at radius 2 is 1.71 bits per heavy atom. The van der Waals surface area contributed by atoms with Crippen molar-refractivity contribution in [3.8, 4) is 16.9 Å².